The zero-order valence-electron chi connectivity index (χ0n) is 12.4. The molecule has 118 valence electrons. The molecule has 0 radical (unpaired) electrons. The van der Waals surface area contributed by atoms with E-state index in [1.165, 1.54) is 7.11 Å². The van der Waals surface area contributed by atoms with Crippen LogP contribution in [-0.4, -0.2) is 40.3 Å². The van der Waals surface area contributed by atoms with Crippen molar-refractivity contribution in [1.29, 1.82) is 0 Å². The topological polar surface area (TPSA) is 90.0 Å². The Morgan fingerprint density at radius 3 is 2.05 bits per heavy atom. The summed E-state index contributed by atoms with van der Waals surface area (Å²) < 4.78 is 3.57. The summed E-state index contributed by atoms with van der Waals surface area (Å²) >= 11 is 3.22. The molecule has 1 heterocycles. The fraction of sp³-hybridized carbons (Fsp3) is 0.692. The number of halogens is 1. The van der Waals surface area contributed by atoms with Gasteiger partial charge in [-0.05, 0) is 27.2 Å². The number of hydroxylamine groups is 2. The zero-order valence-corrected chi connectivity index (χ0v) is 14.0. The summed E-state index contributed by atoms with van der Waals surface area (Å²) in [6.45, 7) is 4.69. The molecule has 21 heavy (non-hydrogen) atoms. The van der Waals surface area contributed by atoms with E-state index in [1.807, 2.05) is 0 Å². The van der Waals surface area contributed by atoms with E-state index in [0.717, 1.165) is 0 Å². The average molecular weight is 364 g/mol. The molecular formula is C13H18BrNO6. The molecule has 7 nitrogen and oxygen atoms in total. The quantitative estimate of drug-likeness (QED) is 0.415. The van der Waals surface area contributed by atoms with Gasteiger partial charge in [0.25, 0.3) is 11.8 Å². The van der Waals surface area contributed by atoms with Crippen LogP contribution >= 0.6 is 15.9 Å². The molecule has 1 rings (SSSR count). The van der Waals surface area contributed by atoms with Gasteiger partial charge in [-0.25, -0.2) is 4.79 Å². The van der Waals surface area contributed by atoms with Gasteiger partial charge >= 0.3 is 11.9 Å². The van der Waals surface area contributed by atoms with E-state index in [-0.39, 0.29) is 19.3 Å². The second kappa shape index (κ2) is 6.13. The first-order valence-electron chi connectivity index (χ1n) is 6.37. The summed E-state index contributed by atoms with van der Waals surface area (Å²) in [5.41, 5.74) is -1.10. The number of alkyl halides is 1. The van der Waals surface area contributed by atoms with Crippen molar-refractivity contribution in [2.75, 3.05) is 7.11 Å². The number of amides is 2. The van der Waals surface area contributed by atoms with Gasteiger partial charge in [0.05, 0.1) is 12.5 Å². The summed E-state index contributed by atoms with van der Waals surface area (Å²) in [7, 11) is 1.24. The van der Waals surface area contributed by atoms with Crippen molar-refractivity contribution < 1.29 is 28.8 Å². The zero-order chi connectivity index (χ0) is 16.4. The number of rotatable bonds is 5. The minimum absolute atomic E-state index is 0.0326. The number of imide groups is 1. The van der Waals surface area contributed by atoms with E-state index < -0.39 is 33.5 Å². The Labute approximate surface area is 131 Å². The highest BCUT2D eigenvalue weighted by Gasteiger charge is 2.44. The van der Waals surface area contributed by atoms with E-state index in [0.29, 0.717) is 5.06 Å². The Balaban J connectivity index is 2.78. The summed E-state index contributed by atoms with van der Waals surface area (Å²) in [5.74, 6) is -2.38. The van der Waals surface area contributed by atoms with Crippen LogP contribution in [0, 0.1) is 5.41 Å². The van der Waals surface area contributed by atoms with E-state index in [2.05, 4.69) is 20.7 Å². The molecule has 1 aliphatic rings. The van der Waals surface area contributed by atoms with E-state index in [1.54, 1.807) is 20.8 Å². The lowest BCUT2D eigenvalue weighted by molar-refractivity contribution is -0.204. The van der Waals surface area contributed by atoms with Crippen LogP contribution in [0.25, 0.3) is 0 Å². The monoisotopic (exact) mass is 363 g/mol. The van der Waals surface area contributed by atoms with Crippen molar-refractivity contribution in [1.82, 2.24) is 5.06 Å². The lowest BCUT2D eigenvalue weighted by Crippen LogP contribution is -2.42. The Hall–Kier alpha value is -1.44. The van der Waals surface area contributed by atoms with Gasteiger partial charge < -0.3 is 9.57 Å². The largest absolute Gasteiger partial charge is 0.468 e. The molecule has 0 aromatic heterocycles. The number of esters is 1. The van der Waals surface area contributed by atoms with E-state index in [9.17, 15) is 19.2 Å². The first-order chi connectivity index (χ1) is 9.51. The fourth-order valence-electron chi connectivity index (χ4n) is 2.05. The third kappa shape index (κ3) is 4.03. The van der Waals surface area contributed by atoms with Gasteiger partial charge in [0.2, 0.25) is 0 Å². The molecule has 8 heteroatoms. The lowest BCUT2D eigenvalue weighted by atomic mass is 9.83. The number of hydrogen-bond donors (Lipinski definition) is 0. The predicted molar refractivity (Wildman–Crippen MR) is 74.9 cm³/mol. The number of hydrogen-bond acceptors (Lipinski definition) is 6. The van der Waals surface area contributed by atoms with Gasteiger partial charge in [-0.15, -0.1) is 5.06 Å². The molecule has 0 N–H and O–H groups in total. The van der Waals surface area contributed by atoms with Crippen LogP contribution < -0.4 is 0 Å². The molecule has 0 spiro atoms. The molecule has 1 atom stereocenters. The SMILES string of the molecule is COC(=O)C(C)(Br)CC(C)(C)C(=O)ON1C(=O)CCC1=O. The third-order valence-electron chi connectivity index (χ3n) is 3.12. The third-order valence-corrected chi connectivity index (χ3v) is 3.72. The number of ether oxygens (including phenoxy) is 1. The van der Waals surface area contributed by atoms with Crippen molar-refractivity contribution in [2.24, 2.45) is 5.41 Å². The van der Waals surface area contributed by atoms with Crippen molar-refractivity contribution in [3.8, 4) is 0 Å². The molecule has 0 saturated carbocycles. The van der Waals surface area contributed by atoms with Crippen LogP contribution in [0.4, 0.5) is 0 Å². The highest BCUT2D eigenvalue weighted by molar-refractivity contribution is 9.10. The first kappa shape index (κ1) is 17.6. The fourth-order valence-corrected chi connectivity index (χ4v) is 2.91. The Morgan fingerprint density at radius 2 is 1.62 bits per heavy atom. The van der Waals surface area contributed by atoms with Crippen molar-refractivity contribution in [3.63, 3.8) is 0 Å². The van der Waals surface area contributed by atoms with Gasteiger partial charge in [0.1, 0.15) is 4.32 Å². The predicted octanol–water partition coefficient (Wildman–Crippen LogP) is 1.34. The van der Waals surface area contributed by atoms with Crippen LogP contribution in [0.15, 0.2) is 0 Å². The first-order valence-corrected chi connectivity index (χ1v) is 7.16. The maximum atomic E-state index is 12.2. The summed E-state index contributed by atoms with van der Waals surface area (Å²) in [4.78, 5) is 51.5. The van der Waals surface area contributed by atoms with Crippen molar-refractivity contribution >= 4 is 39.7 Å². The normalized spacial score (nSPS) is 18.4. The summed E-state index contributed by atoms with van der Waals surface area (Å²) in [6, 6.07) is 0. The molecule has 1 aliphatic heterocycles. The van der Waals surface area contributed by atoms with Crippen molar-refractivity contribution in [3.05, 3.63) is 0 Å². The molecule has 1 saturated heterocycles. The number of nitrogens with zero attached hydrogens (tertiary/aromatic N) is 1. The van der Waals surface area contributed by atoms with Crippen LogP contribution in [0.2, 0.25) is 0 Å². The molecule has 0 aliphatic carbocycles. The van der Waals surface area contributed by atoms with E-state index in [4.69, 9.17) is 4.84 Å². The molecular weight excluding hydrogens is 346 g/mol. The van der Waals surface area contributed by atoms with E-state index >= 15 is 0 Å². The lowest BCUT2D eigenvalue weighted by Gasteiger charge is -2.30. The second-order valence-electron chi connectivity index (χ2n) is 5.71. The van der Waals surface area contributed by atoms with Crippen LogP contribution in [-0.2, 0) is 28.8 Å². The maximum Gasteiger partial charge on any atom is 0.338 e. The maximum absolute atomic E-state index is 12.2. The average Bonchev–Trinajstić information content (AvgIpc) is 2.68. The van der Waals surface area contributed by atoms with Crippen LogP contribution in [0.3, 0.4) is 0 Å². The van der Waals surface area contributed by atoms with Gasteiger partial charge in [-0.3, -0.25) is 14.4 Å². The molecule has 0 bridgehead atoms. The Kier molecular flexibility index (Phi) is 5.14. The van der Waals surface area contributed by atoms with Crippen LogP contribution in [0.5, 0.6) is 0 Å². The molecule has 2 amide bonds. The molecule has 1 unspecified atom stereocenters. The molecule has 0 aromatic carbocycles. The minimum atomic E-state index is -1.10. The smallest absolute Gasteiger partial charge is 0.338 e. The summed E-state index contributed by atoms with van der Waals surface area (Å²) in [5, 5.41) is 0.494. The molecule has 1 fully saturated rings. The van der Waals surface area contributed by atoms with Gasteiger partial charge in [0, 0.05) is 12.8 Å². The standard InChI is InChI=1S/C13H18BrNO6/c1-12(2,7-13(3,14)11(19)20-4)10(18)21-15-8(16)5-6-9(15)17/h5-7H2,1-4H3. The Bertz CT molecular complexity index is 469. The van der Waals surface area contributed by atoms with Crippen LogP contribution in [0.1, 0.15) is 40.0 Å². The van der Waals surface area contributed by atoms with Gasteiger partial charge in [-0.1, -0.05) is 15.9 Å². The highest BCUT2D eigenvalue weighted by atomic mass is 79.9. The number of methoxy groups -OCH3 is 1. The molecule has 0 aromatic rings. The van der Waals surface area contributed by atoms with Gasteiger partial charge in [0.15, 0.2) is 0 Å². The van der Waals surface area contributed by atoms with Gasteiger partial charge in [-0.2, -0.15) is 0 Å². The highest BCUT2D eigenvalue weighted by Crippen LogP contribution is 2.36. The minimum Gasteiger partial charge on any atom is -0.468 e. The number of carbonyl (C=O) groups excluding carboxylic acids is 4. The summed E-state index contributed by atoms with van der Waals surface area (Å²) in [6.07, 6.45) is 0.136. The second-order valence-corrected chi connectivity index (χ2v) is 7.46. The van der Waals surface area contributed by atoms with Crippen molar-refractivity contribution in [2.45, 2.75) is 44.4 Å². The number of carbonyl (C=O) groups is 4. The Morgan fingerprint density at radius 1 is 1.14 bits per heavy atom.